The Balaban J connectivity index is 2.23. The molecule has 2 unspecified atom stereocenters. The van der Waals surface area contributed by atoms with Gasteiger partial charge in [-0.1, -0.05) is 37.3 Å². The highest BCUT2D eigenvalue weighted by Gasteiger charge is 2.36. The third-order valence-corrected chi connectivity index (χ3v) is 3.94. The van der Waals surface area contributed by atoms with Gasteiger partial charge in [0.2, 0.25) is 5.91 Å². The Hall–Kier alpha value is -1.39. The predicted octanol–water partition coefficient (Wildman–Crippen LogP) is 1.31. The van der Waals surface area contributed by atoms with Crippen LogP contribution < -0.4 is 5.73 Å². The zero-order valence-electron chi connectivity index (χ0n) is 11.4. The summed E-state index contributed by atoms with van der Waals surface area (Å²) in [6.07, 6.45) is 1.97. The minimum Gasteiger partial charge on any atom is -0.396 e. The molecule has 19 heavy (non-hydrogen) atoms. The van der Waals surface area contributed by atoms with Crippen LogP contribution in [0.15, 0.2) is 30.3 Å². The van der Waals surface area contributed by atoms with Gasteiger partial charge in [-0.25, -0.2) is 0 Å². The highest BCUT2D eigenvalue weighted by atomic mass is 16.3. The zero-order chi connectivity index (χ0) is 13.9. The van der Waals surface area contributed by atoms with Gasteiger partial charge >= 0.3 is 0 Å². The molecule has 4 nitrogen and oxygen atoms in total. The number of primary amides is 1. The standard InChI is InChI=1S/C15H22N2O2/c1-15(11-18)8-5-9-17(10-15)13(14(16)19)12-6-3-2-4-7-12/h2-4,6-7,13,18H,5,8-11H2,1H3,(H2,16,19). The van der Waals surface area contributed by atoms with Crippen molar-refractivity contribution in [3.63, 3.8) is 0 Å². The van der Waals surface area contributed by atoms with Gasteiger partial charge in [0.1, 0.15) is 6.04 Å². The first kappa shape index (κ1) is 14.0. The molecule has 1 aromatic rings. The van der Waals surface area contributed by atoms with Crippen molar-refractivity contribution in [1.82, 2.24) is 4.90 Å². The lowest BCUT2D eigenvalue weighted by molar-refractivity contribution is -0.125. The Morgan fingerprint density at radius 3 is 2.74 bits per heavy atom. The number of carbonyl (C=O) groups is 1. The number of aliphatic hydroxyl groups excluding tert-OH is 1. The van der Waals surface area contributed by atoms with Gasteiger partial charge in [-0.05, 0) is 24.9 Å². The number of aliphatic hydroxyl groups is 1. The average Bonchev–Trinajstić information content (AvgIpc) is 2.40. The third kappa shape index (κ3) is 3.14. The highest BCUT2D eigenvalue weighted by Crippen LogP contribution is 2.33. The molecule has 1 aromatic carbocycles. The van der Waals surface area contributed by atoms with E-state index in [-0.39, 0.29) is 17.9 Å². The summed E-state index contributed by atoms with van der Waals surface area (Å²) < 4.78 is 0. The van der Waals surface area contributed by atoms with Gasteiger partial charge in [-0.15, -0.1) is 0 Å². The maximum absolute atomic E-state index is 11.8. The second kappa shape index (κ2) is 5.72. The first-order chi connectivity index (χ1) is 9.06. The molecule has 2 atom stereocenters. The number of rotatable bonds is 4. The first-order valence-electron chi connectivity index (χ1n) is 6.75. The van der Waals surface area contributed by atoms with E-state index in [1.807, 2.05) is 30.3 Å². The van der Waals surface area contributed by atoms with Gasteiger partial charge < -0.3 is 10.8 Å². The Bertz CT molecular complexity index is 435. The quantitative estimate of drug-likeness (QED) is 0.859. The van der Waals surface area contributed by atoms with E-state index in [2.05, 4.69) is 11.8 Å². The van der Waals surface area contributed by atoms with E-state index >= 15 is 0 Å². The van der Waals surface area contributed by atoms with E-state index in [0.717, 1.165) is 24.9 Å². The summed E-state index contributed by atoms with van der Waals surface area (Å²) in [6.45, 7) is 3.75. The zero-order valence-corrected chi connectivity index (χ0v) is 11.4. The molecule has 2 rings (SSSR count). The van der Waals surface area contributed by atoms with Crippen molar-refractivity contribution in [2.45, 2.75) is 25.8 Å². The molecule has 3 N–H and O–H groups in total. The van der Waals surface area contributed by atoms with Gasteiger partial charge in [-0.2, -0.15) is 0 Å². The molecule has 0 aromatic heterocycles. The minimum absolute atomic E-state index is 0.138. The van der Waals surface area contributed by atoms with Crippen molar-refractivity contribution in [3.05, 3.63) is 35.9 Å². The second-order valence-electron chi connectivity index (χ2n) is 5.76. The summed E-state index contributed by atoms with van der Waals surface area (Å²) in [7, 11) is 0. The van der Waals surface area contributed by atoms with Crippen LogP contribution in [-0.4, -0.2) is 35.6 Å². The molecular formula is C15H22N2O2. The van der Waals surface area contributed by atoms with E-state index < -0.39 is 6.04 Å². The lowest BCUT2D eigenvalue weighted by Crippen LogP contribution is -2.48. The van der Waals surface area contributed by atoms with Crippen LogP contribution in [0.2, 0.25) is 0 Å². The van der Waals surface area contributed by atoms with Crippen molar-refractivity contribution in [1.29, 1.82) is 0 Å². The van der Waals surface area contributed by atoms with Gasteiger partial charge in [0.15, 0.2) is 0 Å². The average molecular weight is 262 g/mol. The summed E-state index contributed by atoms with van der Waals surface area (Å²) in [5.41, 5.74) is 6.38. The van der Waals surface area contributed by atoms with Gasteiger partial charge in [0, 0.05) is 18.6 Å². The van der Waals surface area contributed by atoms with Crippen LogP contribution in [-0.2, 0) is 4.79 Å². The Morgan fingerprint density at radius 1 is 1.47 bits per heavy atom. The minimum atomic E-state index is -0.396. The van der Waals surface area contributed by atoms with E-state index in [4.69, 9.17) is 5.73 Å². The summed E-state index contributed by atoms with van der Waals surface area (Å²) in [5.74, 6) is -0.326. The third-order valence-electron chi connectivity index (χ3n) is 3.94. The molecule has 0 radical (unpaired) electrons. The largest absolute Gasteiger partial charge is 0.396 e. The normalized spacial score (nSPS) is 26.0. The number of likely N-dealkylation sites (tertiary alicyclic amines) is 1. The monoisotopic (exact) mass is 262 g/mol. The van der Waals surface area contributed by atoms with Gasteiger partial charge in [0.25, 0.3) is 0 Å². The van der Waals surface area contributed by atoms with Gasteiger partial charge in [-0.3, -0.25) is 9.69 Å². The van der Waals surface area contributed by atoms with E-state index in [9.17, 15) is 9.90 Å². The molecule has 1 saturated heterocycles. The Morgan fingerprint density at radius 2 is 2.16 bits per heavy atom. The number of nitrogens with two attached hydrogens (primary N) is 1. The molecule has 1 fully saturated rings. The fourth-order valence-corrected chi connectivity index (χ4v) is 2.90. The van der Waals surface area contributed by atoms with Crippen molar-refractivity contribution < 1.29 is 9.90 Å². The highest BCUT2D eigenvalue weighted by molar-refractivity contribution is 5.81. The Labute approximate surface area is 114 Å². The molecule has 0 spiro atoms. The number of hydrogen-bond acceptors (Lipinski definition) is 3. The fraction of sp³-hybridized carbons (Fsp3) is 0.533. The van der Waals surface area contributed by atoms with Crippen LogP contribution in [0.25, 0.3) is 0 Å². The molecule has 0 bridgehead atoms. The van der Waals surface area contributed by atoms with Crippen molar-refractivity contribution in [3.8, 4) is 0 Å². The van der Waals surface area contributed by atoms with E-state index in [0.29, 0.717) is 6.54 Å². The van der Waals surface area contributed by atoms with Crippen LogP contribution in [0.5, 0.6) is 0 Å². The molecule has 1 aliphatic rings. The molecule has 1 aliphatic heterocycles. The predicted molar refractivity (Wildman–Crippen MR) is 74.4 cm³/mol. The fourth-order valence-electron chi connectivity index (χ4n) is 2.90. The molecule has 1 heterocycles. The van der Waals surface area contributed by atoms with Crippen LogP contribution >= 0.6 is 0 Å². The summed E-state index contributed by atoms with van der Waals surface area (Å²) >= 11 is 0. The summed E-state index contributed by atoms with van der Waals surface area (Å²) in [4.78, 5) is 13.9. The first-order valence-corrected chi connectivity index (χ1v) is 6.75. The molecule has 4 heteroatoms. The van der Waals surface area contributed by atoms with Crippen molar-refractivity contribution >= 4 is 5.91 Å². The molecule has 0 saturated carbocycles. The molecular weight excluding hydrogens is 240 g/mol. The maximum atomic E-state index is 11.8. The van der Waals surface area contributed by atoms with Crippen molar-refractivity contribution in [2.24, 2.45) is 11.1 Å². The number of benzene rings is 1. The number of piperidine rings is 1. The van der Waals surface area contributed by atoms with Crippen LogP contribution in [0.4, 0.5) is 0 Å². The molecule has 0 aliphatic carbocycles. The number of hydrogen-bond donors (Lipinski definition) is 2. The summed E-state index contributed by atoms with van der Waals surface area (Å²) in [6, 6.07) is 9.23. The summed E-state index contributed by atoms with van der Waals surface area (Å²) in [5, 5.41) is 9.52. The van der Waals surface area contributed by atoms with Gasteiger partial charge in [0.05, 0.1) is 0 Å². The van der Waals surface area contributed by atoms with E-state index in [1.165, 1.54) is 0 Å². The van der Waals surface area contributed by atoms with E-state index in [1.54, 1.807) is 0 Å². The molecule has 104 valence electrons. The Kier molecular flexibility index (Phi) is 4.22. The van der Waals surface area contributed by atoms with Crippen LogP contribution in [0.1, 0.15) is 31.4 Å². The SMILES string of the molecule is CC1(CO)CCCN(C(C(N)=O)c2ccccc2)C1. The topological polar surface area (TPSA) is 66.6 Å². The lowest BCUT2D eigenvalue weighted by atomic mass is 9.81. The lowest BCUT2D eigenvalue weighted by Gasteiger charge is -2.42. The van der Waals surface area contributed by atoms with Crippen LogP contribution in [0.3, 0.4) is 0 Å². The smallest absolute Gasteiger partial charge is 0.239 e. The second-order valence-corrected chi connectivity index (χ2v) is 5.76. The van der Waals surface area contributed by atoms with Crippen molar-refractivity contribution in [2.75, 3.05) is 19.7 Å². The van der Waals surface area contributed by atoms with Crippen LogP contribution in [0, 0.1) is 5.41 Å². The molecule has 1 amide bonds. The number of amides is 1. The number of carbonyl (C=O) groups excluding carboxylic acids is 1. The maximum Gasteiger partial charge on any atom is 0.239 e. The number of nitrogens with zero attached hydrogens (tertiary/aromatic N) is 1.